The van der Waals surface area contributed by atoms with Crippen LogP contribution in [0.4, 0.5) is 4.39 Å². The number of nitrogens with zero attached hydrogens (tertiary/aromatic N) is 1. The zero-order valence-corrected chi connectivity index (χ0v) is 14.4. The van der Waals surface area contributed by atoms with Gasteiger partial charge in [0.25, 0.3) is 0 Å². The van der Waals surface area contributed by atoms with E-state index in [9.17, 15) is 14.4 Å². The molecular weight excluding hydrogens is 343 g/mol. The second-order valence-electron chi connectivity index (χ2n) is 5.45. The van der Waals surface area contributed by atoms with E-state index in [4.69, 9.17) is 15.2 Å². The number of nitriles is 1. The minimum Gasteiger partial charge on any atom is -0.463 e. The number of thiophene rings is 1. The fraction of sp³-hybridized carbons (Fsp3) is 0.222. The number of esters is 1. The van der Waals surface area contributed by atoms with E-state index in [1.807, 2.05) is 6.07 Å². The molecule has 2 N–H and O–H groups in total. The number of rotatable bonds is 3. The molecule has 1 aromatic carbocycles. The highest BCUT2D eigenvalue weighted by Crippen LogP contribution is 2.41. The van der Waals surface area contributed by atoms with Crippen molar-refractivity contribution in [3.8, 4) is 6.07 Å². The van der Waals surface area contributed by atoms with Crippen LogP contribution in [0.15, 0.2) is 46.4 Å². The molecule has 1 atom stereocenters. The van der Waals surface area contributed by atoms with E-state index >= 15 is 0 Å². The molecule has 1 unspecified atom stereocenters. The van der Waals surface area contributed by atoms with E-state index in [1.165, 1.54) is 17.4 Å². The van der Waals surface area contributed by atoms with Crippen molar-refractivity contribution in [2.24, 2.45) is 5.73 Å². The molecule has 0 radical (unpaired) electrons. The lowest BCUT2D eigenvalue weighted by Crippen LogP contribution is -2.25. The third-order valence-electron chi connectivity index (χ3n) is 3.98. The van der Waals surface area contributed by atoms with Gasteiger partial charge in [0.2, 0.25) is 5.88 Å². The number of allylic oxidation sites excluding steroid dienone is 2. The molecule has 7 heteroatoms. The number of hydrogen-bond donors (Lipinski definition) is 1. The molecule has 0 spiro atoms. The zero-order chi connectivity index (χ0) is 18.1. The summed E-state index contributed by atoms with van der Waals surface area (Å²) in [4.78, 5) is 12.4. The lowest BCUT2D eigenvalue weighted by Gasteiger charge is -2.27. The third-order valence-corrected chi connectivity index (χ3v) is 4.84. The molecule has 0 amide bonds. The van der Waals surface area contributed by atoms with Gasteiger partial charge in [-0.1, -0.05) is 0 Å². The molecule has 0 bridgehead atoms. The van der Waals surface area contributed by atoms with E-state index in [0.29, 0.717) is 10.9 Å². The minimum absolute atomic E-state index is 0.0592. The standard InChI is InChI=1S/C18H15FN2O3S/c1-3-23-18(22)15-9(2)24-17(21)12(8-20)16(15)10-6-13(19)11-4-5-25-14(11)7-10/h4-7,16H,3,21H2,1-2H3. The predicted molar refractivity (Wildman–Crippen MR) is 91.8 cm³/mol. The highest BCUT2D eigenvalue weighted by atomic mass is 32.1. The van der Waals surface area contributed by atoms with Crippen LogP contribution in [-0.2, 0) is 14.3 Å². The molecule has 0 aliphatic carbocycles. The van der Waals surface area contributed by atoms with Crippen molar-refractivity contribution in [2.45, 2.75) is 19.8 Å². The number of hydrogen-bond acceptors (Lipinski definition) is 6. The van der Waals surface area contributed by atoms with Crippen molar-refractivity contribution in [2.75, 3.05) is 6.61 Å². The molecule has 1 aliphatic heterocycles. The Morgan fingerprint density at radius 2 is 2.28 bits per heavy atom. The van der Waals surface area contributed by atoms with Crippen LogP contribution < -0.4 is 5.73 Å². The highest BCUT2D eigenvalue weighted by Gasteiger charge is 2.36. The molecule has 5 nitrogen and oxygen atoms in total. The largest absolute Gasteiger partial charge is 0.463 e. The first kappa shape index (κ1) is 17.0. The first-order valence-electron chi connectivity index (χ1n) is 7.60. The quantitative estimate of drug-likeness (QED) is 0.846. The van der Waals surface area contributed by atoms with Gasteiger partial charge in [-0.3, -0.25) is 0 Å². The van der Waals surface area contributed by atoms with Gasteiger partial charge in [-0.25, -0.2) is 9.18 Å². The third kappa shape index (κ3) is 2.85. The van der Waals surface area contributed by atoms with Gasteiger partial charge in [-0.15, -0.1) is 11.3 Å². The molecule has 1 aliphatic rings. The molecule has 0 fully saturated rings. The second kappa shape index (κ2) is 6.57. The summed E-state index contributed by atoms with van der Waals surface area (Å²) in [5, 5.41) is 11.8. The summed E-state index contributed by atoms with van der Waals surface area (Å²) < 4.78 is 25.6. The van der Waals surface area contributed by atoms with Crippen LogP contribution >= 0.6 is 11.3 Å². The first-order chi connectivity index (χ1) is 12.0. The maximum absolute atomic E-state index is 14.4. The summed E-state index contributed by atoms with van der Waals surface area (Å²) in [6.45, 7) is 3.42. The summed E-state index contributed by atoms with van der Waals surface area (Å²) in [6, 6.07) is 6.75. The minimum atomic E-state index is -0.834. The molecule has 128 valence electrons. The van der Waals surface area contributed by atoms with E-state index in [0.717, 1.165) is 4.70 Å². The Hall–Kier alpha value is -2.85. The molecule has 0 saturated heterocycles. The molecule has 0 saturated carbocycles. The van der Waals surface area contributed by atoms with Gasteiger partial charge in [-0.2, -0.15) is 5.26 Å². The Bertz CT molecular complexity index is 968. The average molecular weight is 358 g/mol. The fourth-order valence-electron chi connectivity index (χ4n) is 2.90. The molecule has 3 rings (SSSR count). The van der Waals surface area contributed by atoms with Gasteiger partial charge in [-0.05, 0) is 43.0 Å². The normalized spacial score (nSPS) is 17.4. The van der Waals surface area contributed by atoms with Gasteiger partial charge in [0.1, 0.15) is 23.2 Å². The van der Waals surface area contributed by atoms with Crippen molar-refractivity contribution >= 4 is 27.4 Å². The highest BCUT2D eigenvalue weighted by molar-refractivity contribution is 7.17. The first-order valence-corrected chi connectivity index (χ1v) is 8.48. The van der Waals surface area contributed by atoms with Gasteiger partial charge in [0.05, 0.1) is 18.1 Å². The molecule has 1 aromatic heterocycles. The van der Waals surface area contributed by atoms with Gasteiger partial charge < -0.3 is 15.2 Å². The summed E-state index contributed by atoms with van der Waals surface area (Å²) >= 11 is 1.38. The van der Waals surface area contributed by atoms with Gasteiger partial charge in [0.15, 0.2) is 0 Å². The van der Waals surface area contributed by atoms with Crippen molar-refractivity contribution in [3.05, 3.63) is 57.7 Å². The smallest absolute Gasteiger partial charge is 0.338 e. The second-order valence-corrected chi connectivity index (χ2v) is 6.40. The number of halogens is 1. The van der Waals surface area contributed by atoms with Crippen molar-refractivity contribution in [3.63, 3.8) is 0 Å². The Morgan fingerprint density at radius 1 is 1.52 bits per heavy atom. The number of carbonyl (C=O) groups is 1. The average Bonchev–Trinajstić information content (AvgIpc) is 3.03. The van der Waals surface area contributed by atoms with Crippen molar-refractivity contribution in [1.29, 1.82) is 5.26 Å². The maximum Gasteiger partial charge on any atom is 0.338 e. The fourth-order valence-corrected chi connectivity index (χ4v) is 3.75. The Labute approximate surface area is 147 Å². The van der Waals surface area contributed by atoms with Crippen LogP contribution in [0.5, 0.6) is 0 Å². The van der Waals surface area contributed by atoms with Gasteiger partial charge >= 0.3 is 5.97 Å². The summed E-state index contributed by atoms with van der Waals surface area (Å²) in [6.07, 6.45) is 0. The van der Waals surface area contributed by atoms with Crippen LogP contribution in [-0.4, -0.2) is 12.6 Å². The number of benzene rings is 1. The lowest BCUT2D eigenvalue weighted by atomic mass is 9.83. The van der Waals surface area contributed by atoms with Crippen molar-refractivity contribution in [1.82, 2.24) is 0 Å². The number of ether oxygens (including phenoxy) is 2. The molecule has 2 heterocycles. The molecular formula is C18H15FN2O3S. The monoisotopic (exact) mass is 358 g/mol. The van der Waals surface area contributed by atoms with E-state index < -0.39 is 17.7 Å². The lowest BCUT2D eigenvalue weighted by molar-refractivity contribution is -0.139. The van der Waals surface area contributed by atoms with Crippen LogP contribution in [0, 0.1) is 17.1 Å². The Balaban J connectivity index is 2.23. The Kier molecular flexibility index (Phi) is 4.47. The van der Waals surface area contributed by atoms with Crippen LogP contribution in [0.1, 0.15) is 25.3 Å². The molecule has 25 heavy (non-hydrogen) atoms. The van der Waals surface area contributed by atoms with Gasteiger partial charge in [0, 0.05) is 10.1 Å². The summed E-state index contributed by atoms with van der Waals surface area (Å²) in [5.74, 6) is -1.72. The number of fused-ring (bicyclic) bond motifs is 1. The van der Waals surface area contributed by atoms with Crippen molar-refractivity contribution < 1.29 is 18.7 Å². The number of nitrogens with two attached hydrogens (primary N) is 1. The van der Waals surface area contributed by atoms with Crippen LogP contribution in [0.3, 0.4) is 0 Å². The number of carbonyl (C=O) groups excluding carboxylic acids is 1. The maximum atomic E-state index is 14.4. The topological polar surface area (TPSA) is 85.3 Å². The van der Waals surface area contributed by atoms with E-state index in [-0.39, 0.29) is 29.4 Å². The van der Waals surface area contributed by atoms with Crippen LogP contribution in [0.2, 0.25) is 0 Å². The SMILES string of the molecule is CCOC(=O)C1=C(C)OC(N)=C(C#N)C1c1cc(F)c2ccsc2c1. The summed E-state index contributed by atoms with van der Waals surface area (Å²) in [5.41, 5.74) is 6.50. The zero-order valence-electron chi connectivity index (χ0n) is 13.6. The predicted octanol–water partition coefficient (Wildman–Crippen LogP) is 3.69. The van der Waals surface area contributed by atoms with E-state index in [2.05, 4.69) is 0 Å². The Morgan fingerprint density at radius 3 is 2.96 bits per heavy atom. The van der Waals surface area contributed by atoms with E-state index in [1.54, 1.807) is 31.4 Å². The molecule has 2 aromatic rings. The van der Waals surface area contributed by atoms with Crippen LogP contribution in [0.25, 0.3) is 10.1 Å². The summed E-state index contributed by atoms with van der Waals surface area (Å²) in [7, 11) is 0.